The Hall–Kier alpha value is -2.78. The Kier molecular flexibility index (Phi) is 3.15. The number of aryl methyl sites for hydroxylation is 1. The molecule has 10 heteroatoms. The minimum atomic E-state index is -0.944. The van der Waals surface area contributed by atoms with Gasteiger partial charge in [-0.3, -0.25) is 13.9 Å². The molecule has 3 rings (SSSR count). The van der Waals surface area contributed by atoms with Gasteiger partial charge in [-0.1, -0.05) is 0 Å². The number of carboxylic acid groups (broad SMARTS) is 1. The molecule has 1 amide bonds. The van der Waals surface area contributed by atoms with Gasteiger partial charge in [-0.25, -0.2) is 9.59 Å². The molecule has 3 heterocycles. The largest absolute Gasteiger partial charge is 0.465 e. The van der Waals surface area contributed by atoms with Crippen LogP contribution in [0.3, 0.4) is 0 Å². The summed E-state index contributed by atoms with van der Waals surface area (Å²) in [6.45, 7) is 1.67. The fourth-order valence-electron chi connectivity index (χ4n) is 2.57. The van der Waals surface area contributed by atoms with Crippen LogP contribution in [0.25, 0.3) is 11.2 Å². The van der Waals surface area contributed by atoms with Gasteiger partial charge >= 0.3 is 11.8 Å². The summed E-state index contributed by atoms with van der Waals surface area (Å²) in [6.07, 6.45) is -0.944. The minimum absolute atomic E-state index is 0.264. The molecule has 118 valence electrons. The second-order valence-electron chi connectivity index (χ2n) is 5.22. The van der Waals surface area contributed by atoms with Gasteiger partial charge in [0.05, 0.1) is 0 Å². The quantitative estimate of drug-likeness (QED) is 0.680. The predicted octanol–water partition coefficient (Wildman–Crippen LogP) is -1.24. The highest BCUT2D eigenvalue weighted by atomic mass is 16.4. The van der Waals surface area contributed by atoms with Crippen molar-refractivity contribution in [2.75, 3.05) is 31.1 Å². The fraction of sp³-hybridized carbons (Fsp3) is 0.500. The van der Waals surface area contributed by atoms with Crippen molar-refractivity contribution >= 4 is 23.2 Å². The van der Waals surface area contributed by atoms with Crippen molar-refractivity contribution in [2.45, 2.75) is 0 Å². The lowest BCUT2D eigenvalue weighted by Crippen LogP contribution is -2.48. The summed E-state index contributed by atoms with van der Waals surface area (Å²) in [5, 5.41) is 8.95. The number of nitrogens with one attached hydrogen (secondary N) is 1. The van der Waals surface area contributed by atoms with E-state index >= 15 is 0 Å². The van der Waals surface area contributed by atoms with Gasteiger partial charge < -0.3 is 19.9 Å². The minimum Gasteiger partial charge on any atom is -0.465 e. The highest BCUT2D eigenvalue weighted by molar-refractivity contribution is 5.73. The molecule has 1 aliphatic rings. The van der Waals surface area contributed by atoms with Gasteiger partial charge in [0, 0.05) is 40.3 Å². The Morgan fingerprint density at radius 2 is 1.77 bits per heavy atom. The van der Waals surface area contributed by atoms with E-state index in [1.807, 2.05) is 4.90 Å². The summed E-state index contributed by atoms with van der Waals surface area (Å²) in [5.41, 5.74) is -0.309. The molecule has 0 saturated carbocycles. The molecule has 0 spiro atoms. The molecule has 1 saturated heterocycles. The summed E-state index contributed by atoms with van der Waals surface area (Å²) < 4.78 is 2.33. The van der Waals surface area contributed by atoms with E-state index in [2.05, 4.69) is 9.97 Å². The average molecular weight is 308 g/mol. The Labute approximate surface area is 124 Å². The molecular formula is C12H16N6O4. The van der Waals surface area contributed by atoms with Gasteiger partial charge in [0.1, 0.15) is 0 Å². The normalized spacial score (nSPS) is 15.5. The highest BCUT2D eigenvalue weighted by Gasteiger charge is 2.23. The number of hydrogen-bond donors (Lipinski definition) is 2. The third kappa shape index (κ3) is 2.03. The van der Waals surface area contributed by atoms with Gasteiger partial charge in [0.2, 0.25) is 5.95 Å². The SMILES string of the molecule is Cn1c(=O)c2[nH]c(N3CCN(C(=O)O)CC3)nc2n(C)c1=O. The number of imidazole rings is 1. The summed E-state index contributed by atoms with van der Waals surface area (Å²) >= 11 is 0. The number of rotatable bonds is 1. The molecule has 1 fully saturated rings. The molecule has 1 aliphatic heterocycles. The Morgan fingerprint density at radius 1 is 1.14 bits per heavy atom. The maximum atomic E-state index is 12.1. The van der Waals surface area contributed by atoms with Crippen LogP contribution >= 0.6 is 0 Å². The lowest BCUT2D eigenvalue weighted by molar-refractivity contribution is 0.142. The lowest BCUT2D eigenvalue weighted by atomic mass is 10.3. The van der Waals surface area contributed by atoms with E-state index in [-0.39, 0.29) is 5.52 Å². The van der Waals surface area contributed by atoms with Crippen molar-refractivity contribution in [1.82, 2.24) is 24.0 Å². The van der Waals surface area contributed by atoms with Crippen LogP contribution in [0.15, 0.2) is 9.59 Å². The molecule has 0 aliphatic carbocycles. The highest BCUT2D eigenvalue weighted by Crippen LogP contribution is 2.15. The number of aromatic nitrogens is 4. The third-order valence-electron chi connectivity index (χ3n) is 3.93. The maximum Gasteiger partial charge on any atom is 0.407 e. The van der Waals surface area contributed by atoms with Gasteiger partial charge in [-0.05, 0) is 0 Å². The second-order valence-corrected chi connectivity index (χ2v) is 5.22. The Morgan fingerprint density at radius 3 is 2.36 bits per heavy atom. The molecule has 2 aromatic rings. The number of hydrogen-bond acceptors (Lipinski definition) is 5. The number of amides is 1. The molecule has 0 bridgehead atoms. The van der Waals surface area contributed by atoms with Crippen LogP contribution in [-0.4, -0.2) is 61.4 Å². The second kappa shape index (κ2) is 4.90. The van der Waals surface area contributed by atoms with Crippen molar-refractivity contribution in [2.24, 2.45) is 14.1 Å². The van der Waals surface area contributed by atoms with Crippen LogP contribution in [0, 0.1) is 0 Å². The van der Waals surface area contributed by atoms with Crippen LogP contribution in [0.2, 0.25) is 0 Å². The van der Waals surface area contributed by atoms with Crippen molar-refractivity contribution in [3.63, 3.8) is 0 Å². The topological polar surface area (TPSA) is 116 Å². The van der Waals surface area contributed by atoms with Crippen LogP contribution in [0.1, 0.15) is 0 Å². The van der Waals surface area contributed by atoms with Crippen molar-refractivity contribution in [3.05, 3.63) is 20.8 Å². The summed E-state index contributed by atoms with van der Waals surface area (Å²) in [4.78, 5) is 45.4. The number of nitrogens with zero attached hydrogens (tertiary/aromatic N) is 5. The predicted molar refractivity (Wildman–Crippen MR) is 78.4 cm³/mol. The van der Waals surface area contributed by atoms with Crippen LogP contribution < -0.4 is 16.1 Å². The zero-order valence-corrected chi connectivity index (χ0v) is 12.2. The lowest BCUT2D eigenvalue weighted by Gasteiger charge is -2.32. The first-order chi connectivity index (χ1) is 10.4. The molecule has 0 aromatic carbocycles. The molecule has 0 unspecified atom stereocenters. The van der Waals surface area contributed by atoms with Gasteiger partial charge in [-0.15, -0.1) is 0 Å². The Balaban J connectivity index is 1.99. The first kappa shape index (κ1) is 14.2. The van der Waals surface area contributed by atoms with Crippen LogP contribution in [0.5, 0.6) is 0 Å². The standard InChI is InChI=1S/C12H16N6O4/c1-15-8-7(9(19)16(2)11(15)20)13-10(14-8)17-3-5-18(6-4-17)12(21)22/h3-6H2,1-2H3,(H,13,14)(H,21,22). The van der Waals surface area contributed by atoms with Gasteiger partial charge in [0.15, 0.2) is 11.2 Å². The average Bonchev–Trinajstić information content (AvgIpc) is 2.96. The third-order valence-corrected chi connectivity index (χ3v) is 3.93. The molecule has 10 nitrogen and oxygen atoms in total. The smallest absolute Gasteiger partial charge is 0.407 e. The summed E-state index contributed by atoms with van der Waals surface area (Å²) in [6, 6.07) is 0. The maximum absolute atomic E-state index is 12.1. The number of piperazine rings is 1. The molecule has 0 atom stereocenters. The first-order valence-electron chi connectivity index (χ1n) is 6.78. The fourth-order valence-corrected chi connectivity index (χ4v) is 2.57. The van der Waals surface area contributed by atoms with Crippen molar-refractivity contribution in [1.29, 1.82) is 0 Å². The van der Waals surface area contributed by atoms with Crippen molar-refractivity contribution in [3.8, 4) is 0 Å². The molecule has 2 N–H and O–H groups in total. The number of H-pyrrole nitrogens is 1. The number of aromatic amines is 1. The zero-order valence-electron chi connectivity index (χ0n) is 12.2. The monoisotopic (exact) mass is 308 g/mol. The molecule has 22 heavy (non-hydrogen) atoms. The van der Waals surface area contributed by atoms with Crippen LogP contribution in [-0.2, 0) is 14.1 Å². The zero-order chi connectivity index (χ0) is 16.0. The van der Waals surface area contributed by atoms with Crippen molar-refractivity contribution < 1.29 is 9.90 Å². The number of carbonyl (C=O) groups is 1. The molecule has 0 radical (unpaired) electrons. The molecule has 2 aromatic heterocycles. The van der Waals surface area contributed by atoms with Crippen LogP contribution in [0.4, 0.5) is 10.7 Å². The van der Waals surface area contributed by atoms with E-state index in [0.717, 1.165) is 4.57 Å². The first-order valence-corrected chi connectivity index (χ1v) is 6.78. The van der Waals surface area contributed by atoms with Gasteiger partial charge in [-0.2, -0.15) is 4.98 Å². The van der Waals surface area contributed by atoms with E-state index in [1.165, 1.54) is 16.5 Å². The molecular weight excluding hydrogens is 292 g/mol. The van der Waals surface area contributed by atoms with E-state index in [4.69, 9.17) is 5.11 Å². The number of anilines is 1. The van der Waals surface area contributed by atoms with Gasteiger partial charge in [0.25, 0.3) is 5.56 Å². The van der Waals surface area contributed by atoms with E-state index < -0.39 is 17.3 Å². The van der Waals surface area contributed by atoms with E-state index in [9.17, 15) is 14.4 Å². The summed E-state index contributed by atoms with van der Waals surface area (Å²) in [7, 11) is 2.97. The Bertz CT molecular complexity index is 855. The number of fused-ring (bicyclic) bond motifs is 1. The summed E-state index contributed by atoms with van der Waals surface area (Å²) in [5.74, 6) is 0.471. The van der Waals surface area contributed by atoms with E-state index in [1.54, 1.807) is 7.05 Å². The van der Waals surface area contributed by atoms with E-state index in [0.29, 0.717) is 37.8 Å².